The minimum atomic E-state index is -0.614. The number of hydrogen-bond acceptors (Lipinski definition) is 3. The molecule has 0 heterocycles. The summed E-state index contributed by atoms with van der Waals surface area (Å²) in [7, 11) is 0. The van der Waals surface area contributed by atoms with Crippen LogP contribution in [0.2, 0.25) is 0 Å². The molecule has 0 spiro atoms. The smallest absolute Gasteiger partial charge is 0.119 e. The predicted octanol–water partition coefficient (Wildman–Crippen LogP) is 3.16. The highest BCUT2D eigenvalue weighted by molar-refractivity contribution is 5.31. The second-order valence-electron chi connectivity index (χ2n) is 5.04. The van der Waals surface area contributed by atoms with Crippen molar-refractivity contribution in [1.82, 2.24) is 0 Å². The number of aliphatic hydroxyl groups is 1. The van der Waals surface area contributed by atoms with Crippen molar-refractivity contribution in [3.63, 3.8) is 0 Å². The van der Waals surface area contributed by atoms with Gasteiger partial charge in [0.25, 0.3) is 0 Å². The average molecular weight is 250 g/mol. The first kappa shape index (κ1) is 13.2. The summed E-state index contributed by atoms with van der Waals surface area (Å²) in [5.41, 5.74) is -0.614. The summed E-state index contributed by atoms with van der Waals surface area (Å²) in [5.74, 6) is 1.66. The van der Waals surface area contributed by atoms with Gasteiger partial charge in [0, 0.05) is 0 Å². The molecule has 0 bridgehead atoms. The first-order chi connectivity index (χ1) is 8.72. The van der Waals surface area contributed by atoms with Gasteiger partial charge < -0.3 is 14.6 Å². The van der Waals surface area contributed by atoms with Crippen molar-refractivity contribution in [2.45, 2.75) is 44.6 Å². The van der Waals surface area contributed by atoms with Crippen LogP contribution >= 0.6 is 0 Å². The summed E-state index contributed by atoms with van der Waals surface area (Å²) >= 11 is 0. The molecule has 1 aromatic carbocycles. The molecule has 100 valence electrons. The molecule has 2 rings (SSSR count). The van der Waals surface area contributed by atoms with E-state index < -0.39 is 5.60 Å². The van der Waals surface area contributed by atoms with Gasteiger partial charge in [-0.3, -0.25) is 0 Å². The van der Waals surface area contributed by atoms with Crippen molar-refractivity contribution in [3.05, 3.63) is 24.3 Å². The van der Waals surface area contributed by atoms with Crippen molar-refractivity contribution in [1.29, 1.82) is 0 Å². The van der Waals surface area contributed by atoms with Gasteiger partial charge in [-0.25, -0.2) is 0 Å². The Morgan fingerprint density at radius 1 is 1.06 bits per heavy atom. The van der Waals surface area contributed by atoms with Crippen LogP contribution in [0.5, 0.6) is 11.5 Å². The van der Waals surface area contributed by atoms with Gasteiger partial charge in [-0.2, -0.15) is 0 Å². The van der Waals surface area contributed by atoms with Gasteiger partial charge in [0.15, 0.2) is 0 Å². The van der Waals surface area contributed by atoms with Gasteiger partial charge in [0.1, 0.15) is 18.1 Å². The maximum Gasteiger partial charge on any atom is 0.119 e. The van der Waals surface area contributed by atoms with Gasteiger partial charge in [-0.1, -0.05) is 19.8 Å². The minimum Gasteiger partial charge on any atom is -0.494 e. The molecule has 3 nitrogen and oxygen atoms in total. The number of ether oxygens (including phenoxy) is 2. The lowest BCUT2D eigenvalue weighted by molar-refractivity contribution is 0.00140. The number of benzene rings is 1. The molecule has 3 heteroatoms. The summed E-state index contributed by atoms with van der Waals surface area (Å²) in [4.78, 5) is 0. The van der Waals surface area contributed by atoms with E-state index in [0.717, 1.165) is 50.2 Å². The van der Waals surface area contributed by atoms with Crippen LogP contribution in [0.25, 0.3) is 0 Å². The van der Waals surface area contributed by atoms with Gasteiger partial charge >= 0.3 is 0 Å². The van der Waals surface area contributed by atoms with Gasteiger partial charge in [0.05, 0.1) is 12.2 Å². The van der Waals surface area contributed by atoms with E-state index in [1.54, 1.807) is 0 Å². The van der Waals surface area contributed by atoms with Crippen molar-refractivity contribution in [2.75, 3.05) is 13.2 Å². The minimum absolute atomic E-state index is 0.391. The fraction of sp³-hybridized carbons (Fsp3) is 0.600. The van der Waals surface area contributed by atoms with Crippen LogP contribution in [-0.4, -0.2) is 23.9 Å². The summed E-state index contributed by atoms with van der Waals surface area (Å²) in [6.45, 7) is 3.21. The van der Waals surface area contributed by atoms with E-state index in [4.69, 9.17) is 9.47 Å². The lowest BCUT2D eigenvalue weighted by Gasteiger charge is -2.22. The summed E-state index contributed by atoms with van der Waals surface area (Å²) in [6.07, 6.45) is 4.91. The Labute approximate surface area is 109 Å². The highest BCUT2D eigenvalue weighted by Gasteiger charge is 2.31. The van der Waals surface area contributed by atoms with Gasteiger partial charge in [-0.15, -0.1) is 0 Å². The van der Waals surface area contributed by atoms with Crippen molar-refractivity contribution in [3.8, 4) is 11.5 Å². The van der Waals surface area contributed by atoms with Crippen LogP contribution < -0.4 is 9.47 Å². The number of hydrogen-bond donors (Lipinski definition) is 1. The van der Waals surface area contributed by atoms with Gasteiger partial charge in [0.2, 0.25) is 0 Å². The second-order valence-corrected chi connectivity index (χ2v) is 5.04. The Morgan fingerprint density at radius 3 is 2.17 bits per heavy atom. The maximum absolute atomic E-state index is 10.2. The third-order valence-corrected chi connectivity index (χ3v) is 3.34. The average Bonchev–Trinajstić information content (AvgIpc) is 2.83. The zero-order chi connectivity index (χ0) is 12.8. The third-order valence-electron chi connectivity index (χ3n) is 3.34. The molecule has 0 radical (unpaired) electrons. The van der Waals surface area contributed by atoms with Crippen LogP contribution in [-0.2, 0) is 0 Å². The first-order valence-electron chi connectivity index (χ1n) is 6.80. The van der Waals surface area contributed by atoms with Crippen molar-refractivity contribution < 1.29 is 14.6 Å². The van der Waals surface area contributed by atoms with Crippen molar-refractivity contribution >= 4 is 0 Å². The molecule has 1 aliphatic carbocycles. The molecule has 1 aromatic rings. The lowest BCUT2D eigenvalue weighted by atomic mass is 10.0. The number of rotatable bonds is 6. The Bertz CT molecular complexity index is 353. The molecular weight excluding hydrogens is 228 g/mol. The van der Waals surface area contributed by atoms with Crippen molar-refractivity contribution in [2.24, 2.45) is 0 Å². The van der Waals surface area contributed by atoms with Crippen LogP contribution in [0, 0.1) is 0 Å². The Kier molecular flexibility index (Phi) is 4.48. The van der Waals surface area contributed by atoms with E-state index in [2.05, 4.69) is 6.92 Å². The summed E-state index contributed by atoms with van der Waals surface area (Å²) in [6, 6.07) is 7.60. The first-order valence-corrected chi connectivity index (χ1v) is 6.80. The Hall–Kier alpha value is -1.22. The van der Waals surface area contributed by atoms with Crippen LogP contribution in [0.4, 0.5) is 0 Å². The Balaban J connectivity index is 1.82. The lowest BCUT2D eigenvalue weighted by Crippen LogP contribution is -2.32. The molecule has 0 unspecified atom stereocenters. The van der Waals surface area contributed by atoms with Gasteiger partial charge in [-0.05, 0) is 43.5 Å². The summed E-state index contributed by atoms with van der Waals surface area (Å²) < 4.78 is 11.1. The molecule has 1 saturated carbocycles. The van der Waals surface area contributed by atoms with Crippen LogP contribution in [0.3, 0.4) is 0 Å². The zero-order valence-electron chi connectivity index (χ0n) is 11.0. The molecule has 0 saturated heterocycles. The molecule has 18 heavy (non-hydrogen) atoms. The quantitative estimate of drug-likeness (QED) is 0.843. The molecule has 0 atom stereocenters. The van der Waals surface area contributed by atoms with Crippen LogP contribution in [0.1, 0.15) is 39.0 Å². The fourth-order valence-corrected chi connectivity index (χ4v) is 2.25. The Morgan fingerprint density at radius 2 is 1.61 bits per heavy atom. The van der Waals surface area contributed by atoms with E-state index in [0.29, 0.717) is 6.61 Å². The molecule has 0 aromatic heterocycles. The molecule has 1 N–H and O–H groups in total. The fourth-order valence-electron chi connectivity index (χ4n) is 2.25. The molecule has 0 aliphatic heterocycles. The zero-order valence-corrected chi connectivity index (χ0v) is 11.0. The van der Waals surface area contributed by atoms with E-state index >= 15 is 0 Å². The highest BCUT2D eigenvalue weighted by atomic mass is 16.5. The predicted molar refractivity (Wildman–Crippen MR) is 71.1 cm³/mol. The summed E-state index contributed by atoms with van der Waals surface area (Å²) in [5, 5.41) is 10.2. The topological polar surface area (TPSA) is 38.7 Å². The molecule has 0 amide bonds. The highest BCUT2D eigenvalue weighted by Crippen LogP contribution is 2.30. The molecule has 1 aliphatic rings. The van der Waals surface area contributed by atoms with E-state index in [1.165, 1.54) is 0 Å². The van der Waals surface area contributed by atoms with Crippen LogP contribution in [0.15, 0.2) is 24.3 Å². The van der Waals surface area contributed by atoms with E-state index in [-0.39, 0.29) is 0 Å². The monoisotopic (exact) mass is 250 g/mol. The standard InChI is InChI=1S/C15H22O3/c1-2-11-17-13-5-7-14(8-6-13)18-12-15(16)9-3-4-10-15/h5-8,16H,2-4,9-12H2,1H3. The largest absolute Gasteiger partial charge is 0.494 e. The molecular formula is C15H22O3. The molecule has 1 fully saturated rings. The second kappa shape index (κ2) is 6.10. The normalized spacial score (nSPS) is 17.7. The third kappa shape index (κ3) is 3.64. The van der Waals surface area contributed by atoms with E-state index in [9.17, 15) is 5.11 Å². The van der Waals surface area contributed by atoms with E-state index in [1.807, 2.05) is 24.3 Å². The SMILES string of the molecule is CCCOc1ccc(OCC2(O)CCCC2)cc1. The maximum atomic E-state index is 10.2.